The first-order valence-corrected chi connectivity index (χ1v) is 12.8. The van der Waals surface area contributed by atoms with Crippen molar-refractivity contribution in [1.82, 2.24) is 30.5 Å². The van der Waals surface area contributed by atoms with Crippen LogP contribution in [0.2, 0.25) is 0 Å². The smallest absolute Gasteiger partial charge is 0.224 e. The number of carbonyl (C=O) groups excluding carboxylic acids is 1. The predicted octanol–water partition coefficient (Wildman–Crippen LogP) is 6.94. The van der Waals surface area contributed by atoms with Crippen LogP contribution in [0.4, 0.5) is 4.39 Å². The molecule has 5 rings (SSSR count). The van der Waals surface area contributed by atoms with Crippen molar-refractivity contribution in [3.63, 3.8) is 0 Å². The minimum atomic E-state index is -0.308. The molecule has 0 fully saturated rings. The lowest BCUT2D eigenvalue weighted by atomic mass is 10.0. The van der Waals surface area contributed by atoms with E-state index in [2.05, 4.69) is 27.1 Å². The molecule has 0 aliphatic carbocycles. The number of nitrogens with zero attached hydrogens (tertiary/aromatic N) is 3. The summed E-state index contributed by atoms with van der Waals surface area (Å²) in [5.74, 6) is 0.404. The van der Waals surface area contributed by atoms with Gasteiger partial charge in [0.2, 0.25) is 5.91 Å². The molecule has 0 aliphatic rings. The Kier molecular flexibility index (Phi) is 7.19. The van der Waals surface area contributed by atoms with Crippen LogP contribution in [0.5, 0.6) is 0 Å². The Morgan fingerprint density at radius 3 is 2.56 bits per heavy atom. The molecule has 39 heavy (non-hydrogen) atoms. The highest BCUT2D eigenvalue weighted by Crippen LogP contribution is 2.32. The first-order valence-electron chi connectivity index (χ1n) is 12.8. The number of rotatable bonds is 8. The third kappa shape index (κ3) is 5.27. The molecule has 0 bridgehead atoms. The SMILES string of the molecule is C=C/C(=C\C(=C/C)c1ccc2[nH]nc(-c3nc4c(-c5ccccc5F)cccc4[nH]3)c2n1)NC(=O)CC(C)C. The third-order valence-electron chi connectivity index (χ3n) is 6.32. The molecule has 0 atom stereocenters. The summed E-state index contributed by atoms with van der Waals surface area (Å²) in [6.45, 7) is 9.75. The molecule has 196 valence electrons. The third-order valence-corrected chi connectivity index (χ3v) is 6.32. The maximum atomic E-state index is 14.6. The van der Waals surface area contributed by atoms with E-state index in [1.54, 1.807) is 24.3 Å². The number of allylic oxidation sites excluding steroid dienone is 4. The average Bonchev–Trinajstić information content (AvgIpc) is 3.54. The predicted molar refractivity (Wildman–Crippen MR) is 154 cm³/mol. The topological polar surface area (TPSA) is 99.3 Å². The van der Waals surface area contributed by atoms with Gasteiger partial charge in [0.05, 0.1) is 22.2 Å². The summed E-state index contributed by atoms with van der Waals surface area (Å²) < 4.78 is 14.6. The molecule has 0 saturated heterocycles. The standard InChI is InChI=1S/C31H29FN6O/c1-5-19(17-20(6-2)33-27(39)16-18(3)4)24-14-15-26-29(34-24)30(38-37-26)31-35-25-13-9-11-22(28(25)36-31)21-10-7-8-12-23(21)32/h5-15,17-18H,2,16H2,1,3-4H3,(H,33,39)(H,35,36)(H,37,38)/b19-5+,20-17+. The second-order valence-electron chi connectivity index (χ2n) is 9.63. The van der Waals surface area contributed by atoms with Gasteiger partial charge in [-0.1, -0.05) is 56.8 Å². The van der Waals surface area contributed by atoms with Gasteiger partial charge in [0.1, 0.15) is 11.3 Å². The number of pyridine rings is 1. The monoisotopic (exact) mass is 520 g/mol. The molecule has 8 heteroatoms. The van der Waals surface area contributed by atoms with Crippen LogP contribution in [-0.4, -0.2) is 31.1 Å². The summed E-state index contributed by atoms with van der Waals surface area (Å²) in [6, 6.07) is 16.1. The molecule has 1 amide bonds. The number of fused-ring (bicyclic) bond motifs is 2. The lowest BCUT2D eigenvalue weighted by molar-refractivity contribution is -0.121. The molecular weight excluding hydrogens is 491 g/mol. The van der Waals surface area contributed by atoms with Gasteiger partial charge in [0.15, 0.2) is 11.5 Å². The van der Waals surface area contributed by atoms with Crippen molar-refractivity contribution in [3.05, 3.63) is 96.6 Å². The molecule has 3 aromatic heterocycles. The largest absolute Gasteiger partial charge is 0.336 e. The van der Waals surface area contributed by atoms with Crippen LogP contribution in [0.3, 0.4) is 0 Å². The first kappa shape index (κ1) is 25.8. The molecule has 0 aliphatic heterocycles. The fraction of sp³-hybridized carbons (Fsp3) is 0.161. The number of benzene rings is 2. The summed E-state index contributed by atoms with van der Waals surface area (Å²) >= 11 is 0. The number of H-pyrrole nitrogens is 2. The number of aromatic amines is 2. The second-order valence-corrected chi connectivity index (χ2v) is 9.63. The van der Waals surface area contributed by atoms with E-state index in [1.165, 1.54) is 6.07 Å². The molecular formula is C31H29FN6O. The number of carbonyl (C=O) groups is 1. The molecule has 2 aromatic carbocycles. The van der Waals surface area contributed by atoms with E-state index in [0.717, 1.165) is 16.6 Å². The normalized spacial score (nSPS) is 12.4. The van der Waals surface area contributed by atoms with Crippen molar-refractivity contribution in [1.29, 1.82) is 0 Å². The number of amides is 1. The van der Waals surface area contributed by atoms with Gasteiger partial charge < -0.3 is 10.3 Å². The summed E-state index contributed by atoms with van der Waals surface area (Å²) in [6.07, 6.45) is 5.81. The van der Waals surface area contributed by atoms with Crippen LogP contribution in [-0.2, 0) is 4.79 Å². The van der Waals surface area contributed by atoms with Gasteiger partial charge in [-0.2, -0.15) is 5.10 Å². The number of imidazole rings is 1. The molecule has 3 N–H and O–H groups in total. The summed E-state index contributed by atoms with van der Waals surface area (Å²) in [4.78, 5) is 25.3. The summed E-state index contributed by atoms with van der Waals surface area (Å²) in [7, 11) is 0. The average molecular weight is 521 g/mol. The van der Waals surface area contributed by atoms with Gasteiger partial charge in [0.25, 0.3) is 0 Å². The van der Waals surface area contributed by atoms with E-state index < -0.39 is 0 Å². The van der Waals surface area contributed by atoms with Crippen molar-refractivity contribution in [2.45, 2.75) is 27.2 Å². The Bertz CT molecular complexity index is 1760. The molecule has 7 nitrogen and oxygen atoms in total. The highest BCUT2D eigenvalue weighted by Gasteiger charge is 2.18. The van der Waals surface area contributed by atoms with Crippen molar-refractivity contribution >= 4 is 33.5 Å². The van der Waals surface area contributed by atoms with E-state index in [1.807, 2.05) is 63.3 Å². The Morgan fingerprint density at radius 1 is 1.03 bits per heavy atom. The highest BCUT2D eigenvalue weighted by molar-refractivity contribution is 5.96. The van der Waals surface area contributed by atoms with Crippen molar-refractivity contribution in [2.75, 3.05) is 0 Å². The summed E-state index contributed by atoms with van der Waals surface area (Å²) in [5.41, 5.74) is 6.64. The molecule has 5 aromatic rings. The van der Waals surface area contributed by atoms with Crippen LogP contribution < -0.4 is 5.32 Å². The van der Waals surface area contributed by atoms with Gasteiger partial charge in [0, 0.05) is 23.2 Å². The molecule has 0 unspecified atom stereocenters. The molecule has 0 saturated carbocycles. The zero-order chi connectivity index (χ0) is 27.5. The zero-order valence-electron chi connectivity index (χ0n) is 22.0. The Balaban J connectivity index is 1.54. The van der Waals surface area contributed by atoms with E-state index >= 15 is 0 Å². The van der Waals surface area contributed by atoms with Gasteiger partial charge in [-0.05, 0) is 54.8 Å². The molecule has 3 heterocycles. The van der Waals surface area contributed by atoms with Crippen LogP contribution in [0.1, 0.15) is 32.9 Å². The first-order chi connectivity index (χ1) is 18.9. The van der Waals surface area contributed by atoms with Crippen molar-refractivity contribution < 1.29 is 9.18 Å². The zero-order valence-corrected chi connectivity index (χ0v) is 22.0. The maximum absolute atomic E-state index is 14.6. The Morgan fingerprint density at radius 2 is 1.82 bits per heavy atom. The van der Waals surface area contributed by atoms with E-state index in [4.69, 9.17) is 9.97 Å². The quantitative estimate of drug-likeness (QED) is 0.193. The van der Waals surface area contributed by atoms with E-state index in [-0.39, 0.29) is 17.6 Å². The minimum absolute atomic E-state index is 0.0632. The number of aromatic nitrogens is 5. The number of hydrogen-bond acceptors (Lipinski definition) is 4. The van der Waals surface area contributed by atoms with Crippen molar-refractivity contribution in [3.8, 4) is 22.6 Å². The van der Waals surface area contributed by atoms with Crippen LogP contribution >= 0.6 is 0 Å². The number of nitrogens with one attached hydrogen (secondary N) is 3. The number of hydrogen-bond donors (Lipinski definition) is 3. The Labute approximate surface area is 225 Å². The maximum Gasteiger partial charge on any atom is 0.224 e. The summed E-state index contributed by atoms with van der Waals surface area (Å²) in [5, 5.41) is 10.4. The highest BCUT2D eigenvalue weighted by atomic mass is 19.1. The fourth-order valence-electron chi connectivity index (χ4n) is 4.47. The lowest BCUT2D eigenvalue weighted by Crippen LogP contribution is -2.23. The second kappa shape index (κ2) is 10.9. The van der Waals surface area contributed by atoms with Crippen LogP contribution in [0.15, 0.2) is 85.1 Å². The minimum Gasteiger partial charge on any atom is -0.336 e. The van der Waals surface area contributed by atoms with E-state index in [9.17, 15) is 9.18 Å². The van der Waals surface area contributed by atoms with E-state index in [0.29, 0.717) is 51.5 Å². The molecule has 0 radical (unpaired) electrons. The van der Waals surface area contributed by atoms with Crippen molar-refractivity contribution in [2.24, 2.45) is 5.92 Å². The number of halogens is 1. The lowest BCUT2D eigenvalue weighted by Gasteiger charge is -2.09. The fourth-order valence-corrected chi connectivity index (χ4v) is 4.47. The molecule has 0 spiro atoms. The van der Waals surface area contributed by atoms with Gasteiger partial charge in [-0.25, -0.2) is 14.4 Å². The van der Waals surface area contributed by atoms with Crippen LogP contribution in [0, 0.1) is 11.7 Å². The van der Waals surface area contributed by atoms with Gasteiger partial charge >= 0.3 is 0 Å². The Hall–Kier alpha value is -4.85. The van der Waals surface area contributed by atoms with Gasteiger partial charge in [-0.15, -0.1) is 0 Å². The number of para-hydroxylation sites is 1. The van der Waals surface area contributed by atoms with Gasteiger partial charge in [-0.3, -0.25) is 9.89 Å². The van der Waals surface area contributed by atoms with Crippen LogP contribution in [0.25, 0.3) is 50.3 Å².